The van der Waals surface area contributed by atoms with Crippen molar-refractivity contribution in [2.75, 3.05) is 11.1 Å². The molecule has 3 aromatic rings. The van der Waals surface area contributed by atoms with Gasteiger partial charge in [0, 0.05) is 15.0 Å². The number of aromatic nitrogens is 2. The molecule has 0 aliphatic rings. The highest BCUT2D eigenvalue weighted by molar-refractivity contribution is 9.10. The molecule has 0 atom stereocenters. The summed E-state index contributed by atoms with van der Waals surface area (Å²) < 4.78 is 1.78. The summed E-state index contributed by atoms with van der Waals surface area (Å²) in [6.07, 6.45) is 0.964. The molecule has 124 valence electrons. The van der Waals surface area contributed by atoms with E-state index in [1.807, 2.05) is 36.4 Å². The first-order chi connectivity index (χ1) is 11.6. The van der Waals surface area contributed by atoms with E-state index in [4.69, 9.17) is 0 Å². The van der Waals surface area contributed by atoms with E-state index in [9.17, 15) is 4.79 Å². The summed E-state index contributed by atoms with van der Waals surface area (Å²) in [7, 11) is 0. The van der Waals surface area contributed by atoms with Crippen molar-refractivity contribution in [3.8, 4) is 0 Å². The van der Waals surface area contributed by atoms with Crippen molar-refractivity contribution in [2.24, 2.45) is 0 Å². The van der Waals surface area contributed by atoms with Crippen molar-refractivity contribution in [1.82, 2.24) is 10.2 Å². The van der Waals surface area contributed by atoms with Gasteiger partial charge in [0.05, 0.1) is 10.6 Å². The fourth-order valence-corrected chi connectivity index (χ4v) is 4.96. The Balaban J connectivity index is 1.57. The summed E-state index contributed by atoms with van der Waals surface area (Å²) in [4.78, 5) is 14.3. The van der Waals surface area contributed by atoms with E-state index in [1.54, 1.807) is 11.3 Å². The second kappa shape index (κ2) is 8.24. The number of ketones is 1. The average molecular weight is 440 g/mol. The number of carbonyl (C=O) groups is 1. The summed E-state index contributed by atoms with van der Waals surface area (Å²) in [6, 6.07) is 11.8. The third-order valence-electron chi connectivity index (χ3n) is 3.09. The lowest BCUT2D eigenvalue weighted by atomic mass is 10.3. The van der Waals surface area contributed by atoms with E-state index >= 15 is 0 Å². The Bertz CT molecular complexity index is 846. The number of thioether (sulfide) groups is 1. The lowest BCUT2D eigenvalue weighted by molar-refractivity contribution is 0.102. The number of thiophene rings is 1. The molecular formula is C16H14BrN3OS3. The molecule has 0 fully saturated rings. The van der Waals surface area contributed by atoms with Crippen LogP contribution >= 0.6 is 50.4 Å². The van der Waals surface area contributed by atoms with Gasteiger partial charge in [-0.3, -0.25) is 4.79 Å². The minimum absolute atomic E-state index is 0.140. The first-order valence-electron chi connectivity index (χ1n) is 7.25. The number of Topliss-reactive ketones (excluding diaryl/α,β-unsaturated/α-hetero) is 1. The summed E-state index contributed by atoms with van der Waals surface area (Å²) in [5.74, 6) is 0.524. The predicted octanol–water partition coefficient (Wildman–Crippen LogP) is 5.64. The largest absolute Gasteiger partial charge is 0.330 e. The quantitative estimate of drug-likeness (QED) is 0.381. The number of carbonyl (C=O) groups excluding carboxylic acids is 1. The van der Waals surface area contributed by atoms with Crippen LogP contribution in [0, 0.1) is 0 Å². The standard InChI is InChI=1S/C16H14BrN3OS3/c1-2-12-6-7-14(23-12)13(21)9-22-16-20-19-15(24-16)18-11-5-3-4-10(17)8-11/h3-8H,2,9H2,1H3,(H,18,19). The van der Waals surface area contributed by atoms with Crippen molar-refractivity contribution < 1.29 is 4.79 Å². The molecule has 1 N–H and O–H groups in total. The third kappa shape index (κ3) is 4.66. The van der Waals surface area contributed by atoms with Crippen LogP contribution < -0.4 is 5.32 Å². The zero-order valence-corrected chi connectivity index (χ0v) is 16.8. The molecular weight excluding hydrogens is 426 g/mol. The van der Waals surface area contributed by atoms with E-state index in [0.717, 1.165) is 25.8 Å². The highest BCUT2D eigenvalue weighted by Gasteiger charge is 2.12. The Kier molecular flexibility index (Phi) is 6.04. The molecule has 0 aliphatic heterocycles. The summed E-state index contributed by atoms with van der Waals surface area (Å²) in [6.45, 7) is 2.09. The smallest absolute Gasteiger partial charge is 0.210 e. The van der Waals surface area contributed by atoms with Gasteiger partial charge in [-0.1, -0.05) is 52.0 Å². The molecule has 2 heterocycles. The summed E-state index contributed by atoms with van der Waals surface area (Å²) in [5, 5.41) is 12.2. The van der Waals surface area contributed by atoms with Crippen LogP contribution in [0.15, 0.2) is 45.2 Å². The van der Waals surface area contributed by atoms with Gasteiger partial charge >= 0.3 is 0 Å². The molecule has 24 heavy (non-hydrogen) atoms. The highest BCUT2D eigenvalue weighted by Crippen LogP contribution is 2.29. The Morgan fingerprint density at radius 2 is 2.12 bits per heavy atom. The average Bonchev–Trinajstić information content (AvgIpc) is 3.22. The van der Waals surface area contributed by atoms with Gasteiger partial charge in [0.1, 0.15) is 0 Å². The number of nitrogens with zero attached hydrogens (tertiary/aromatic N) is 2. The molecule has 0 aliphatic carbocycles. The van der Waals surface area contributed by atoms with E-state index in [1.165, 1.54) is 28.0 Å². The first-order valence-corrected chi connectivity index (χ1v) is 10.7. The molecule has 0 radical (unpaired) electrons. The predicted molar refractivity (Wildman–Crippen MR) is 106 cm³/mol. The van der Waals surface area contributed by atoms with Crippen molar-refractivity contribution in [2.45, 2.75) is 17.7 Å². The molecule has 3 rings (SSSR count). The van der Waals surface area contributed by atoms with Crippen molar-refractivity contribution >= 4 is 67.0 Å². The molecule has 0 saturated carbocycles. The van der Waals surface area contributed by atoms with Gasteiger partial charge in [-0.05, 0) is 36.8 Å². The number of rotatable bonds is 7. The normalized spacial score (nSPS) is 10.8. The van der Waals surface area contributed by atoms with Crippen LogP contribution in [0.2, 0.25) is 0 Å². The fourth-order valence-electron chi connectivity index (χ4n) is 1.92. The third-order valence-corrected chi connectivity index (χ3v) is 6.83. The Morgan fingerprint density at radius 1 is 1.25 bits per heavy atom. The number of nitrogens with one attached hydrogen (secondary N) is 1. The number of anilines is 2. The Morgan fingerprint density at radius 3 is 2.88 bits per heavy atom. The second-order valence-electron chi connectivity index (χ2n) is 4.84. The molecule has 0 unspecified atom stereocenters. The van der Waals surface area contributed by atoms with Gasteiger partial charge in [0.15, 0.2) is 10.1 Å². The molecule has 2 aromatic heterocycles. The van der Waals surface area contributed by atoms with Gasteiger partial charge in [-0.25, -0.2) is 0 Å². The van der Waals surface area contributed by atoms with Crippen molar-refractivity contribution in [3.05, 3.63) is 50.6 Å². The second-order valence-corrected chi connectivity index (χ2v) is 9.12. The summed E-state index contributed by atoms with van der Waals surface area (Å²) >= 11 is 7.88. The van der Waals surface area contributed by atoms with E-state index < -0.39 is 0 Å². The number of halogens is 1. The minimum atomic E-state index is 0.140. The fraction of sp³-hybridized carbons (Fsp3) is 0.188. The molecule has 0 bridgehead atoms. The number of hydrogen-bond donors (Lipinski definition) is 1. The monoisotopic (exact) mass is 439 g/mol. The molecule has 0 saturated heterocycles. The molecule has 1 aromatic carbocycles. The van der Waals surface area contributed by atoms with Crippen molar-refractivity contribution in [1.29, 1.82) is 0 Å². The lowest BCUT2D eigenvalue weighted by Crippen LogP contribution is -1.98. The van der Waals surface area contributed by atoms with Crippen LogP contribution in [0.3, 0.4) is 0 Å². The molecule has 8 heteroatoms. The van der Waals surface area contributed by atoms with Gasteiger partial charge in [0.2, 0.25) is 5.13 Å². The van der Waals surface area contributed by atoms with Crippen LogP contribution in [0.1, 0.15) is 21.5 Å². The van der Waals surface area contributed by atoms with Crippen LogP contribution in [0.4, 0.5) is 10.8 Å². The van der Waals surface area contributed by atoms with E-state index in [0.29, 0.717) is 10.9 Å². The van der Waals surface area contributed by atoms with Gasteiger partial charge in [0.25, 0.3) is 0 Å². The molecule has 4 nitrogen and oxygen atoms in total. The lowest BCUT2D eigenvalue weighted by Gasteiger charge is -2.01. The zero-order valence-electron chi connectivity index (χ0n) is 12.8. The van der Waals surface area contributed by atoms with Gasteiger partial charge in [-0.15, -0.1) is 21.5 Å². The maximum atomic E-state index is 12.2. The van der Waals surface area contributed by atoms with Gasteiger partial charge in [-0.2, -0.15) is 0 Å². The molecule has 0 spiro atoms. The number of hydrogen-bond acceptors (Lipinski definition) is 7. The maximum absolute atomic E-state index is 12.2. The van der Waals surface area contributed by atoms with Gasteiger partial charge < -0.3 is 5.32 Å². The number of aryl methyl sites for hydroxylation is 1. The van der Waals surface area contributed by atoms with Crippen LogP contribution in [-0.4, -0.2) is 21.7 Å². The topological polar surface area (TPSA) is 54.9 Å². The van der Waals surface area contributed by atoms with Crippen molar-refractivity contribution in [3.63, 3.8) is 0 Å². The first kappa shape index (κ1) is 17.6. The SMILES string of the molecule is CCc1ccc(C(=O)CSc2nnc(Nc3cccc(Br)c3)s2)s1. The van der Waals surface area contributed by atoms with Crippen LogP contribution in [-0.2, 0) is 6.42 Å². The summed E-state index contributed by atoms with van der Waals surface area (Å²) in [5.41, 5.74) is 0.943. The van der Waals surface area contributed by atoms with Crippen LogP contribution in [0.5, 0.6) is 0 Å². The molecule has 0 amide bonds. The minimum Gasteiger partial charge on any atom is -0.330 e. The number of benzene rings is 1. The highest BCUT2D eigenvalue weighted by atomic mass is 79.9. The zero-order chi connectivity index (χ0) is 16.9. The van der Waals surface area contributed by atoms with E-state index in [-0.39, 0.29) is 5.78 Å². The Hall–Kier alpha value is -1.22. The van der Waals surface area contributed by atoms with E-state index in [2.05, 4.69) is 38.4 Å². The Labute approximate surface area is 160 Å². The maximum Gasteiger partial charge on any atom is 0.210 e. The van der Waals surface area contributed by atoms with Crippen LogP contribution in [0.25, 0.3) is 0 Å².